The Kier molecular flexibility index (Phi) is 6.76. The molecule has 1 aliphatic carbocycles. The van der Waals surface area contributed by atoms with Crippen molar-refractivity contribution in [1.29, 1.82) is 0 Å². The first-order valence-electron chi connectivity index (χ1n) is 7.75. The molecule has 118 valence electrons. The Morgan fingerprint density at radius 2 is 1.95 bits per heavy atom. The van der Waals surface area contributed by atoms with Crippen LogP contribution in [0, 0.1) is 5.41 Å². The van der Waals surface area contributed by atoms with E-state index in [0.717, 1.165) is 45.1 Å². The smallest absolute Gasteiger partial charge is 0.144 e. The summed E-state index contributed by atoms with van der Waals surface area (Å²) >= 11 is 0. The van der Waals surface area contributed by atoms with Crippen LogP contribution in [0.15, 0.2) is 5.16 Å². The van der Waals surface area contributed by atoms with E-state index in [4.69, 9.17) is 10.9 Å². The first-order valence-corrected chi connectivity index (χ1v) is 7.75. The summed E-state index contributed by atoms with van der Waals surface area (Å²) in [4.78, 5) is 2.29. The summed E-state index contributed by atoms with van der Waals surface area (Å²) in [7, 11) is 2.11. The van der Waals surface area contributed by atoms with Crippen LogP contribution in [0.1, 0.15) is 58.8 Å². The van der Waals surface area contributed by atoms with Crippen LogP contribution in [-0.4, -0.2) is 46.8 Å². The zero-order valence-corrected chi connectivity index (χ0v) is 13.2. The van der Waals surface area contributed by atoms with Gasteiger partial charge in [0.1, 0.15) is 5.84 Å². The third kappa shape index (κ3) is 4.94. The lowest BCUT2D eigenvalue weighted by molar-refractivity contribution is 0.0314. The van der Waals surface area contributed by atoms with Gasteiger partial charge in [-0.25, -0.2) is 0 Å². The molecule has 2 unspecified atom stereocenters. The Hall–Kier alpha value is -0.810. The molecule has 2 atom stereocenters. The maximum atomic E-state index is 10.0. The molecule has 5 heteroatoms. The van der Waals surface area contributed by atoms with E-state index < -0.39 is 0 Å². The highest BCUT2D eigenvalue weighted by Crippen LogP contribution is 2.25. The number of hydrogen-bond acceptors (Lipinski definition) is 4. The molecule has 4 N–H and O–H groups in total. The van der Waals surface area contributed by atoms with Crippen LogP contribution < -0.4 is 5.73 Å². The molecule has 5 nitrogen and oxygen atoms in total. The molecule has 0 amide bonds. The number of nitrogens with two attached hydrogens (primary N) is 1. The zero-order chi connectivity index (χ0) is 15.2. The number of likely N-dealkylation sites (N-methyl/N-ethyl adjacent to an activating group) is 1. The summed E-state index contributed by atoms with van der Waals surface area (Å²) in [5.41, 5.74) is 5.43. The fourth-order valence-electron chi connectivity index (χ4n) is 2.96. The van der Waals surface area contributed by atoms with Crippen molar-refractivity contribution >= 4 is 5.84 Å². The second kappa shape index (κ2) is 7.84. The van der Waals surface area contributed by atoms with Gasteiger partial charge in [0.05, 0.1) is 6.10 Å². The minimum Gasteiger partial charge on any atom is -0.409 e. The fraction of sp³-hybridized carbons (Fsp3) is 0.933. The number of rotatable bonds is 7. The average molecular weight is 285 g/mol. The number of nitrogens with zero attached hydrogens (tertiary/aromatic N) is 2. The highest BCUT2D eigenvalue weighted by Gasteiger charge is 2.26. The highest BCUT2D eigenvalue weighted by atomic mass is 16.4. The van der Waals surface area contributed by atoms with Gasteiger partial charge in [-0.3, -0.25) is 0 Å². The molecule has 0 radical (unpaired) electrons. The molecule has 1 aliphatic rings. The summed E-state index contributed by atoms with van der Waals surface area (Å²) < 4.78 is 0. The van der Waals surface area contributed by atoms with E-state index in [0.29, 0.717) is 11.9 Å². The van der Waals surface area contributed by atoms with E-state index in [9.17, 15) is 5.11 Å². The number of oxime groups is 1. The molecule has 20 heavy (non-hydrogen) atoms. The molecule has 0 spiro atoms. The monoisotopic (exact) mass is 285 g/mol. The van der Waals surface area contributed by atoms with E-state index in [1.807, 2.05) is 13.8 Å². The van der Waals surface area contributed by atoms with E-state index in [1.54, 1.807) is 0 Å². The number of amidine groups is 1. The second-order valence-corrected chi connectivity index (χ2v) is 6.73. The van der Waals surface area contributed by atoms with Gasteiger partial charge in [-0.15, -0.1) is 0 Å². The van der Waals surface area contributed by atoms with Crippen LogP contribution in [0.25, 0.3) is 0 Å². The third-order valence-electron chi connectivity index (χ3n) is 4.62. The zero-order valence-electron chi connectivity index (χ0n) is 13.2. The molecule has 1 rings (SSSR count). The van der Waals surface area contributed by atoms with Crippen molar-refractivity contribution in [2.24, 2.45) is 16.3 Å². The lowest BCUT2D eigenvalue weighted by Gasteiger charge is -2.35. The molecule has 0 aliphatic heterocycles. The Labute approximate surface area is 122 Å². The van der Waals surface area contributed by atoms with Crippen LogP contribution in [0.4, 0.5) is 0 Å². The maximum Gasteiger partial charge on any atom is 0.144 e. The number of hydrogen-bond donors (Lipinski definition) is 3. The fourth-order valence-corrected chi connectivity index (χ4v) is 2.96. The van der Waals surface area contributed by atoms with Gasteiger partial charge in [-0.1, -0.05) is 38.3 Å². The molecule has 0 heterocycles. The van der Waals surface area contributed by atoms with E-state index in [2.05, 4.69) is 17.1 Å². The van der Waals surface area contributed by atoms with E-state index in [-0.39, 0.29) is 11.5 Å². The van der Waals surface area contributed by atoms with Crippen molar-refractivity contribution in [1.82, 2.24) is 4.90 Å². The first kappa shape index (κ1) is 17.2. The average Bonchev–Trinajstić information content (AvgIpc) is 2.42. The van der Waals surface area contributed by atoms with Crippen LogP contribution in [0.2, 0.25) is 0 Å². The molecule has 1 fully saturated rings. The van der Waals surface area contributed by atoms with Crippen molar-refractivity contribution in [3.05, 3.63) is 0 Å². The SMILES string of the molecule is CN(CCCCC(C)(C)C(N)=NO)C1CCCCC1O. The quantitative estimate of drug-likeness (QED) is 0.220. The molecular weight excluding hydrogens is 254 g/mol. The lowest BCUT2D eigenvalue weighted by atomic mass is 9.86. The van der Waals surface area contributed by atoms with E-state index in [1.165, 1.54) is 6.42 Å². The third-order valence-corrected chi connectivity index (χ3v) is 4.62. The van der Waals surface area contributed by atoms with Gasteiger partial charge in [0.15, 0.2) is 0 Å². The number of aliphatic hydroxyl groups excluding tert-OH is 1. The second-order valence-electron chi connectivity index (χ2n) is 6.73. The van der Waals surface area contributed by atoms with Gasteiger partial charge < -0.3 is 20.9 Å². The molecule has 0 aromatic carbocycles. The molecule has 0 saturated heterocycles. The normalized spacial score (nSPS) is 25.1. The summed E-state index contributed by atoms with van der Waals surface area (Å²) in [5.74, 6) is 0.300. The van der Waals surface area contributed by atoms with Crippen LogP contribution in [0.5, 0.6) is 0 Å². The summed E-state index contributed by atoms with van der Waals surface area (Å²) in [6.07, 6.45) is 7.27. The van der Waals surface area contributed by atoms with E-state index >= 15 is 0 Å². The Morgan fingerprint density at radius 1 is 1.30 bits per heavy atom. The number of unbranched alkanes of at least 4 members (excludes halogenated alkanes) is 1. The van der Waals surface area contributed by atoms with Gasteiger partial charge in [0.2, 0.25) is 0 Å². The van der Waals surface area contributed by atoms with Gasteiger partial charge in [0.25, 0.3) is 0 Å². The van der Waals surface area contributed by atoms with Gasteiger partial charge in [-0.05, 0) is 39.3 Å². The van der Waals surface area contributed by atoms with Crippen molar-refractivity contribution < 1.29 is 10.3 Å². The van der Waals surface area contributed by atoms with Gasteiger partial charge in [0, 0.05) is 11.5 Å². The standard InChI is InChI=1S/C15H31N3O2/c1-15(2,14(16)17-20)10-6-7-11-18(3)12-8-4-5-9-13(12)19/h12-13,19-20H,4-11H2,1-3H3,(H2,16,17). The van der Waals surface area contributed by atoms with Crippen molar-refractivity contribution in [2.45, 2.75) is 70.9 Å². The topological polar surface area (TPSA) is 82.1 Å². The van der Waals surface area contributed by atoms with Gasteiger partial charge >= 0.3 is 0 Å². The first-order chi connectivity index (χ1) is 9.38. The van der Waals surface area contributed by atoms with Crippen molar-refractivity contribution in [3.8, 4) is 0 Å². The minimum atomic E-state index is -0.252. The number of aliphatic hydroxyl groups is 1. The Bertz CT molecular complexity index is 318. The van der Waals surface area contributed by atoms with Crippen molar-refractivity contribution in [2.75, 3.05) is 13.6 Å². The Balaban J connectivity index is 2.27. The van der Waals surface area contributed by atoms with Gasteiger partial charge in [-0.2, -0.15) is 0 Å². The Morgan fingerprint density at radius 3 is 2.55 bits per heavy atom. The predicted molar refractivity (Wildman–Crippen MR) is 81.9 cm³/mol. The van der Waals surface area contributed by atoms with Crippen LogP contribution in [0.3, 0.4) is 0 Å². The highest BCUT2D eigenvalue weighted by molar-refractivity contribution is 5.85. The molecular formula is C15H31N3O2. The lowest BCUT2D eigenvalue weighted by Crippen LogP contribution is -2.43. The maximum absolute atomic E-state index is 10.0. The van der Waals surface area contributed by atoms with Crippen molar-refractivity contribution in [3.63, 3.8) is 0 Å². The molecule has 1 saturated carbocycles. The van der Waals surface area contributed by atoms with Crippen LogP contribution in [-0.2, 0) is 0 Å². The molecule has 0 aromatic heterocycles. The molecule has 0 aromatic rings. The minimum absolute atomic E-state index is 0.164. The summed E-state index contributed by atoms with van der Waals surface area (Å²) in [6, 6.07) is 0.320. The van der Waals surface area contributed by atoms with Crippen LogP contribution >= 0.6 is 0 Å². The summed E-state index contributed by atoms with van der Waals surface area (Å²) in [5, 5.41) is 21.9. The largest absolute Gasteiger partial charge is 0.409 e. The summed E-state index contributed by atoms with van der Waals surface area (Å²) in [6.45, 7) is 4.99. The molecule has 0 bridgehead atoms. The predicted octanol–water partition coefficient (Wildman–Crippen LogP) is 2.16.